The van der Waals surface area contributed by atoms with Crippen LogP contribution in [0.4, 0.5) is 5.82 Å². The predicted molar refractivity (Wildman–Crippen MR) is 111 cm³/mol. The van der Waals surface area contributed by atoms with Gasteiger partial charge in [0, 0.05) is 11.1 Å². The molecule has 4 aromatic rings. The Hall–Kier alpha value is -2.77. The average molecular weight is 413 g/mol. The number of benzene rings is 2. The summed E-state index contributed by atoms with van der Waals surface area (Å²) in [5.74, 6) is 1.09. The number of carbonyl (C=O) groups is 1. The molecular formula is C20H17ClN4O2S. The van der Waals surface area contributed by atoms with Crippen molar-refractivity contribution in [3.05, 3.63) is 70.9 Å². The zero-order valence-corrected chi connectivity index (χ0v) is 16.6. The van der Waals surface area contributed by atoms with Gasteiger partial charge >= 0.3 is 0 Å². The third kappa shape index (κ3) is 4.21. The molecule has 6 nitrogen and oxygen atoms in total. The molecule has 0 unspecified atom stereocenters. The van der Waals surface area contributed by atoms with Gasteiger partial charge in [0.1, 0.15) is 5.76 Å². The summed E-state index contributed by atoms with van der Waals surface area (Å²) in [7, 11) is 0. The first-order valence-electron chi connectivity index (χ1n) is 8.64. The Morgan fingerprint density at radius 1 is 1.21 bits per heavy atom. The Kier molecular flexibility index (Phi) is 5.36. The molecule has 0 atom stereocenters. The van der Waals surface area contributed by atoms with Crippen molar-refractivity contribution < 1.29 is 9.32 Å². The number of thioether (sulfide) groups is 1. The highest BCUT2D eigenvalue weighted by Gasteiger charge is 2.15. The van der Waals surface area contributed by atoms with Crippen molar-refractivity contribution in [2.24, 2.45) is 0 Å². The Bertz CT molecular complexity index is 1120. The van der Waals surface area contributed by atoms with Crippen molar-refractivity contribution in [3.8, 4) is 0 Å². The number of imidazole rings is 1. The first-order chi connectivity index (χ1) is 13.6. The fourth-order valence-electron chi connectivity index (χ4n) is 2.84. The topological polar surface area (TPSA) is 73.0 Å². The summed E-state index contributed by atoms with van der Waals surface area (Å²) in [6.07, 6.45) is 0. The standard InChI is InChI=1S/C20H17ClN4O2S/c1-13-9-18(24-27-13)23-19(26)12-28-20-22-16-10-15(21)7-8-17(16)25(20)11-14-5-3-2-4-6-14/h2-10H,11-12H2,1H3,(H,23,24,26). The van der Waals surface area contributed by atoms with Crippen molar-refractivity contribution in [1.82, 2.24) is 14.7 Å². The third-order valence-electron chi connectivity index (χ3n) is 4.09. The van der Waals surface area contributed by atoms with E-state index in [-0.39, 0.29) is 11.7 Å². The van der Waals surface area contributed by atoms with E-state index in [0.717, 1.165) is 21.8 Å². The molecular weight excluding hydrogens is 396 g/mol. The maximum absolute atomic E-state index is 12.3. The number of hydrogen-bond acceptors (Lipinski definition) is 5. The SMILES string of the molecule is Cc1cc(NC(=O)CSc2nc3cc(Cl)ccc3n2Cc2ccccc2)no1. The van der Waals surface area contributed by atoms with E-state index in [1.807, 2.05) is 36.4 Å². The number of hydrogen-bond donors (Lipinski definition) is 1. The van der Waals surface area contributed by atoms with Gasteiger partial charge in [-0.2, -0.15) is 0 Å². The van der Waals surface area contributed by atoms with Crippen LogP contribution in [0.5, 0.6) is 0 Å². The lowest BCUT2D eigenvalue weighted by Crippen LogP contribution is -2.15. The lowest BCUT2D eigenvalue weighted by molar-refractivity contribution is -0.113. The zero-order chi connectivity index (χ0) is 19.5. The average Bonchev–Trinajstić information content (AvgIpc) is 3.24. The van der Waals surface area contributed by atoms with E-state index in [2.05, 4.69) is 32.2 Å². The van der Waals surface area contributed by atoms with Crippen LogP contribution in [0.3, 0.4) is 0 Å². The van der Waals surface area contributed by atoms with E-state index in [1.54, 1.807) is 13.0 Å². The molecule has 2 aromatic heterocycles. The summed E-state index contributed by atoms with van der Waals surface area (Å²) in [4.78, 5) is 16.9. The zero-order valence-electron chi connectivity index (χ0n) is 15.1. The fourth-order valence-corrected chi connectivity index (χ4v) is 3.82. The lowest BCUT2D eigenvalue weighted by atomic mass is 10.2. The molecule has 0 aliphatic carbocycles. The van der Waals surface area contributed by atoms with Crippen LogP contribution >= 0.6 is 23.4 Å². The van der Waals surface area contributed by atoms with Gasteiger partial charge in [0.2, 0.25) is 5.91 Å². The molecule has 2 heterocycles. The molecule has 1 amide bonds. The summed E-state index contributed by atoms with van der Waals surface area (Å²) in [6, 6.07) is 17.4. The molecule has 0 radical (unpaired) electrons. The van der Waals surface area contributed by atoms with Gasteiger partial charge in [-0.15, -0.1) is 0 Å². The van der Waals surface area contributed by atoms with Crippen LogP contribution in [0.15, 0.2) is 64.3 Å². The van der Waals surface area contributed by atoms with Crippen molar-refractivity contribution in [2.75, 3.05) is 11.1 Å². The molecule has 2 aromatic carbocycles. The smallest absolute Gasteiger partial charge is 0.236 e. The lowest BCUT2D eigenvalue weighted by Gasteiger charge is -2.09. The Morgan fingerprint density at radius 3 is 2.79 bits per heavy atom. The Balaban J connectivity index is 1.56. The molecule has 0 aliphatic rings. The van der Waals surface area contributed by atoms with Crippen molar-refractivity contribution in [2.45, 2.75) is 18.6 Å². The van der Waals surface area contributed by atoms with Crippen LogP contribution in [0.25, 0.3) is 11.0 Å². The van der Waals surface area contributed by atoms with E-state index in [1.165, 1.54) is 11.8 Å². The number of nitrogens with one attached hydrogen (secondary N) is 1. The van der Waals surface area contributed by atoms with E-state index >= 15 is 0 Å². The predicted octanol–water partition coefficient (Wildman–Crippen LogP) is 4.77. The number of anilines is 1. The fraction of sp³-hybridized carbons (Fsp3) is 0.150. The number of rotatable bonds is 6. The first-order valence-corrected chi connectivity index (χ1v) is 10.0. The van der Waals surface area contributed by atoms with Gasteiger partial charge in [0.15, 0.2) is 11.0 Å². The second-order valence-electron chi connectivity index (χ2n) is 6.26. The van der Waals surface area contributed by atoms with Crippen LogP contribution in [0, 0.1) is 6.92 Å². The number of aryl methyl sites for hydroxylation is 1. The number of amides is 1. The molecule has 0 saturated carbocycles. The maximum Gasteiger partial charge on any atom is 0.236 e. The van der Waals surface area contributed by atoms with E-state index in [4.69, 9.17) is 16.1 Å². The molecule has 4 rings (SSSR count). The highest BCUT2D eigenvalue weighted by molar-refractivity contribution is 7.99. The highest BCUT2D eigenvalue weighted by atomic mass is 35.5. The number of carbonyl (C=O) groups excluding carboxylic acids is 1. The molecule has 28 heavy (non-hydrogen) atoms. The Labute approximate surface area is 170 Å². The van der Waals surface area contributed by atoms with Gasteiger partial charge in [0.05, 0.1) is 23.3 Å². The van der Waals surface area contributed by atoms with Gasteiger partial charge in [-0.3, -0.25) is 4.79 Å². The molecule has 8 heteroatoms. The highest BCUT2D eigenvalue weighted by Crippen LogP contribution is 2.27. The molecule has 142 valence electrons. The second kappa shape index (κ2) is 8.08. The van der Waals surface area contributed by atoms with Crippen LogP contribution in [0.2, 0.25) is 5.02 Å². The minimum atomic E-state index is -0.172. The molecule has 0 bridgehead atoms. The van der Waals surface area contributed by atoms with E-state index < -0.39 is 0 Å². The number of fused-ring (bicyclic) bond motifs is 1. The number of nitrogens with zero attached hydrogens (tertiary/aromatic N) is 3. The molecule has 0 spiro atoms. The second-order valence-corrected chi connectivity index (χ2v) is 7.64. The van der Waals surface area contributed by atoms with Crippen molar-refractivity contribution in [3.63, 3.8) is 0 Å². The summed E-state index contributed by atoms with van der Waals surface area (Å²) >= 11 is 7.49. The molecule has 0 saturated heterocycles. The maximum atomic E-state index is 12.3. The minimum absolute atomic E-state index is 0.172. The summed E-state index contributed by atoms with van der Waals surface area (Å²) in [5, 5.41) is 7.89. The van der Waals surface area contributed by atoms with Gasteiger partial charge in [0.25, 0.3) is 0 Å². The van der Waals surface area contributed by atoms with E-state index in [0.29, 0.717) is 23.1 Å². The van der Waals surface area contributed by atoms with Crippen LogP contribution in [-0.2, 0) is 11.3 Å². The first kappa shape index (κ1) is 18.6. The summed E-state index contributed by atoms with van der Waals surface area (Å²) in [6.45, 7) is 2.43. The largest absolute Gasteiger partial charge is 0.360 e. The minimum Gasteiger partial charge on any atom is -0.360 e. The summed E-state index contributed by atoms with van der Waals surface area (Å²) < 4.78 is 7.06. The van der Waals surface area contributed by atoms with Crippen molar-refractivity contribution in [1.29, 1.82) is 0 Å². The van der Waals surface area contributed by atoms with Gasteiger partial charge in [-0.25, -0.2) is 4.98 Å². The van der Waals surface area contributed by atoms with Crippen LogP contribution in [-0.4, -0.2) is 26.4 Å². The van der Waals surface area contributed by atoms with Crippen LogP contribution in [0.1, 0.15) is 11.3 Å². The molecule has 0 aliphatic heterocycles. The summed E-state index contributed by atoms with van der Waals surface area (Å²) in [5.41, 5.74) is 2.93. The van der Waals surface area contributed by atoms with Crippen molar-refractivity contribution >= 4 is 46.1 Å². The molecule has 0 fully saturated rings. The van der Waals surface area contributed by atoms with E-state index in [9.17, 15) is 4.79 Å². The number of aromatic nitrogens is 3. The normalized spacial score (nSPS) is 11.1. The number of halogens is 1. The van der Waals surface area contributed by atoms with Gasteiger partial charge in [-0.05, 0) is 30.7 Å². The third-order valence-corrected chi connectivity index (χ3v) is 5.30. The molecule has 1 N–H and O–H groups in total. The van der Waals surface area contributed by atoms with Crippen LogP contribution < -0.4 is 5.32 Å². The Morgan fingerprint density at radius 2 is 2.04 bits per heavy atom. The monoisotopic (exact) mass is 412 g/mol. The van der Waals surface area contributed by atoms with Gasteiger partial charge < -0.3 is 14.4 Å². The quantitative estimate of drug-likeness (QED) is 0.462. The van der Waals surface area contributed by atoms with Gasteiger partial charge in [-0.1, -0.05) is 58.9 Å².